The van der Waals surface area contributed by atoms with Crippen molar-refractivity contribution in [2.75, 3.05) is 85.1 Å². The quantitative estimate of drug-likeness (QED) is 0.0299. The predicted octanol–water partition coefficient (Wildman–Crippen LogP) is -5.21. The van der Waals surface area contributed by atoms with E-state index in [0.717, 1.165) is 0 Å². The second-order valence-corrected chi connectivity index (χ2v) is 19.6. The Morgan fingerprint density at radius 1 is 0.792 bits per heavy atom. The third-order valence-electron chi connectivity index (χ3n) is 11.9. The Bertz CT molecular complexity index is 1620. The summed E-state index contributed by atoms with van der Waals surface area (Å²) in [5, 5.41) is 108. The van der Waals surface area contributed by atoms with Crippen molar-refractivity contribution in [3.63, 3.8) is 0 Å². The average molecular weight is 1070 g/mol. The number of alkyl carbamates (subject to hydrolysis) is 1. The van der Waals surface area contributed by atoms with Gasteiger partial charge in [0.15, 0.2) is 18.4 Å². The Hall–Kier alpha value is -2.69. The molecular formula is C44H80N4O23S. The van der Waals surface area contributed by atoms with Gasteiger partial charge in [-0.05, 0) is 18.8 Å². The minimum Gasteiger partial charge on any atom is -0.447 e. The molecule has 0 radical (unpaired) electrons. The Labute approximate surface area is 423 Å². The standard InChI is InChI=1S/C44H80N4O23S/c1-21(2)36(22(3)4)68-41-31(46-23(5)52)37(33(57)27(18-50)66-41)69-42-35(59)39(34(58)28(19-51)67-42)71-44(6)15-25(53)30(38(70-44)32(56)26(54)17-49)48-29(55)16-45-40(60)24(47-43(61)65-12-10-63-8)20-72-14-13-64-11-9-62-7/h21-22,24-28,30-39,41-42,49-51,53-54,56-59H,9-20H2,1-8H3,(H,45,60)(H,46,52)(H,47,61)(H,48,55)/t24?,25-,26-,27?,28?,30-,31?,32-,33+,34+,35?,37-,38?,39+,41-,42+,44-/m1/s1. The summed E-state index contributed by atoms with van der Waals surface area (Å²) in [6, 6.07) is -4.07. The lowest BCUT2D eigenvalue weighted by Crippen LogP contribution is -2.70. The van der Waals surface area contributed by atoms with Crippen LogP contribution >= 0.6 is 11.8 Å². The molecule has 3 fully saturated rings. The summed E-state index contributed by atoms with van der Waals surface area (Å²) in [4.78, 5) is 51.8. The fourth-order valence-corrected chi connectivity index (χ4v) is 9.27. The Morgan fingerprint density at radius 2 is 1.40 bits per heavy atom. The molecule has 13 N–H and O–H groups in total. The zero-order chi connectivity index (χ0) is 53.9. The Kier molecular flexibility index (Phi) is 27.7. The summed E-state index contributed by atoms with van der Waals surface area (Å²) in [6.07, 6.45) is -24.5. The van der Waals surface area contributed by atoms with Gasteiger partial charge in [-0.25, -0.2) is 4.79 Å². The molecule has 3 aliphatic rings. The molecule has 28 heteroatoms. The number of carbonyl (C=O) groups is 4. The molecule has 0 bridgehead atoms. The number of ether oxygens (including phenoxy) is 10. The largest absolute Gasteiger partial charge is 0.447 e. The predicted molar refractivity (Wildman–Crippen MR) is 250 cm³/mol. The molecule has 3 saturated heterocycles. The van der Waals surface area contributed by atoms with Crippen LogP contribution in [-0.4, -0.2) is 265 Å². The highest BCUT2D eigenvalue weighted by Gasteiger charge is 2.56. The van der Waals surface area contributed by atoms with Crippen LogP contribution in [0.15, 0.2) is 0 Å². The third-order valence-corrected chi connectivity index (χ3v) is 13.0. The lowest BCUT2D eigenvalue weighted by Gasteiger charge is -2.51. The highest BCUT2D eigenvalue weighted by atomic mass is 32.2. The molecule has 0 aliphatic carbocycles. The molecule has 6 unspecified atom stereocenters. The van der Waals surface area contributed by atoms with E-state index in [0.29, 0.717) is 25.6 Å². The summed E-state index contributed by atoms with van der Waals surface area (Å²) in [7, 11) is 2.94. The van der Waals surface area contributed by atoms with Gasteiger partial charge in [-0.2, -0.15) is 11.8 Å². The molecule has 3 heterocycles. The van der Waals surface area contributed by atoms with Crippen molar-refractivity contribution in [3.05, 3.63) is 0 Å². The van der Waals surface area contributed by atoms with Crippen molar-refractivity contribution in [1.82, 2.24) is 21.3 Å². The molecule has 0 aromatic heterocycles. The summed E-state index contributed by atoms with van der Waals surface area (Å²) >= 11 is 1.26. The van der Waals surface area contributed by atoms with E-state index < -0.39 is 166 Å². The van der Waals surface area contributed by atoms with Crippen LogP contribution in [0.1, 0.15) is 48.0 Å². The summed E-state index contributed by atoms with van der Waals surface area (Å²) in [5.74, 6) is -4.10. The number of hydrogen-bond acceptors (Lipinski definition) is 24. The van der Waals surface area contributed by atoms with Crippen LogP contribution in [0.25, 0.3) is 0 Å². The van der Waals surface area contributed by atoms with Crippen molar-refractivity contribution in [2.45, 2.75) is 158 Å². The number of aliphatic hydroxyl groups is 9. The third kappa shape index (κ3) is 18.8. The fourth-order valence-electron chi connectivity index (χ4n) is 8.39. The van der Waals surface area contributed by atoms with E-state index in [9.17, 15) is 65.1 Å². The molecule has 0 aromatic rings. The van der Waals surface area contributed by atoms with Crippen molar-refractivity contribution >= 4 is 35.6 Å². The SMILES string of the molecule is COCCOCCSCC(NC(=O)OCCOC)C(=O)NCC(=O)N[C@H]1C([C@H](O)[C@H](O)CO)O[C@](C)(O[C@@H]2C(O)[C@H](O[C@@H]3C(NC(C)=O)[C@@H](OC(C(C)C)C(C)C)OC(CO)[C@@H]3O)OC(CO)[C@@H]2O)C[C@H]1O. The van der Waals surface area contributed by atoms with Gasteiger partial charge in [0, 0.05) is 39.1 Å². The normalized spacial score (nSPS) is 32.2. The molecule has 420 valence electrons. The van der Waals surface area contributed by atoms with E-state index in [1.165, 1.54) is 39.8 Å². The van der Waals surface area contributed by atoms with Gasteiger partial charge in [0.25, 0.3) is 0 Å². The van der Waals surface area contributed by atoms with Gasteiger partial charge in [-0.3, -0.25) is 14.4 Å². The molecule has 0 spiro atoms. The maximum absolute atomic E-state index is 13.4. The highest BCUT2D eigenvalue weighted by Crippen LogP contribution is 2.38. The maximum atomic E-state index is 13.4. The van der Waals surface area contributed by atoms with Gasteiger partial charge in [-0.1, -0.05) is 27.7 Å². The van der Waals surface area contributed by atoms with Crippen LogP contribution in [0.4, 0.5) is 4.79 Å². The number of methoxy groups -OCH3 is 2. The van der Waals surface area contributed by atoms with Gasteiger partial charge < -0.3 is 115 Å². The molecule has 3 rings (SSSR count). The number of rotatable bonds is 30. The fraction of sp³-hybridized carbons (Fsp3) is 0.909. The summed E-state index contributed by atoms with van der Waals surface area (Å²) < 4.78 is 56.7. The van der Waals surface area contributed by atoms with Crippen molar-refractivity contribution in [1.29, 1.82) is 0 Å². The van der Waals surface area contributed by atoms with Crippen molar-refractivity contribution in [2.24, 2.45) is 11.8 Å². The zero-order valence-corrected chi connectivity index (χ0v) is 42.9. The zero-order valence-electron chi connectivity index (χ0n) is 42.1. The smallest absolute Gasteiger partial charge is 0.407 e. The minimum atomic E-state index is -2.13. The number of carbonyl (C=O) groups excluding carboxylic acids is 4. The van der Waals surface area contributed by atoms with Crippen molar-refractivity contribution < 1.29 is 113 Å². The van der Waals surface area contributed by atoms with Gasteiger partial charge in [0.2, 0.25) is 17.7 Å². The van der Waals surface area contributed by atoms with Gasteiger partial charge in [0.1, 0.15) is 79.7 Å². The first-order valence-corrected chi connectivity index (χ1v) is 25.0. The molecule has 0 saturated carbocycles. The molecule has 0 aromatic carbocycles. The molecule has 27 nitrogen and oxygen atoms in total. The topological polar surface area (TPSA) is 391 Å². The van der Waals surface area contributed by atoms with E-state index in [4.69, 9.17) is 47.4 Å². The lowest BCUT2D eigenvalue weighted by atomic mass is 9.88. The van der Waals surface area contributed by atoms with Crippen LogP contribution < -0.4 is 21.3 Å². The first kappa shape index (κ1) is 63.6. The Balaban J connectivity index is 1.84. The van der Waals surface area contributed by atoms with Gasteiger partial charge in [0.05, 0.1) is 71.0 Å². The van der Waals surface area contributed by atoms with Crippen LogP contribution in [0.3, 0.4) is 0 Å². The van der Waals surface area contributed by atoms with E-state index in [-0.39, 0.29) is 30.8 Å². The number of amides is 4. The van der Waals surface area contributed by atoms with Gasteiger partial charge >= 0.3 is 6.09 Å². The van der Waals surface area contributed by atoms with Crippen LogP contribution in [0.5, 0.6) is 0 Å². The maximum Gasteiger partial charge on any atom is 0.407 e. The van der Waals surface area contributed by atoms with Gasteiger partial charge in [-0.15, -0.1) is 0 Å². The van der Waals surface area contributed by atoms with Crippen LogP contribution in [0.2, 0.25) is 0 Å². The van der Waals surface area contributed by atoms with E-state index in [1.807, 2.05) is 27.7 Å². The lowest BCUT2D eigenvalue weighted by molar-refractivity contribution is -0.385. The second kappa shape index (κ2) is 31.4. The molecule has 4 amide bonds. The first-order valence-electron chi connectivity index (χ1n) is 23.9. The molecule has 3 aliphatic heterocycles. The number of thioether (sulfide) groups is 1. The number of hydrogen-bond donors (Lipinski definition) is 13. The Morgan fingerprint density at radius 3 is 1.99 bits per heavy atom. The van der Waals surface area contributed by atoms with Crippen LogP contribution in [-0.2, 0) is 61.8 Å². The van der Waals surface area contributed by atoms with Crippen LogP contribution in [0, 0.1) is 11.8 Å². The molecular weight excluding hydrogens is 985 g/mol. The first-order chi connectivity index (χ1) is 34.1. The number of aliphatic hydroxyl groups excluding tert-OH is 9. The van der Waals surface area contributed by atoms with Crippen molar-refractivity contribution in [3.8, 4) is 0 Å². The monoisotopic (exact) mass is 1060 g/mol. The van der Waals surface area contributed by atoms with E-state index in [1.54, 1.807) is 0 Å². The molecule has 17 atom stereocenters. The number of nitrogens with one attached hydrogen (secondary N) is 4. The second-order valence-electron chi connectivity index (χ2n) is 18.5. The van der Waals surface area contributed by atoms with E-state index in [2.05, 4.69) is 21.3 Å². The minimum absolute atomic E-state index is 0.0376. The average Bonchev–Trinajstić information content (AvgIpc) is 3.32. The molecule has 72 heavy (non-hydrogen) atoms. The summed E-state index contributed by atoms with van der Waals surface area (Å²) in [5.41, 5.74) is 0. The highest BCUT2D eigenvalue weighted by molar-refractivity contribution is 7.99. The summed E-state index contributed by atoms with van der Waals surface area (Å²) in [6.45, 7) is 7.71. The van der Waals surface area contributed by atoms with E-state index >= 15 is 0 Å².